The van der Waals surface area contributed by atoms with Crippen molar-refractivity contribution in [2.75, 3.05) is 19.7 Å². The molecule has 0 unspecified atom stereocenters. The highest BCUT2D eigenvalue weighted by Gasteiger charge is 2.34. The van der Waals surface area contributed by atoms with E-state index in [4.69, 9.17) is 4.74 Å². The summed E-state index contributed by atoms with van der Waals surface area (Å²) in [6.45, 7) is 7.22. The summed E-state index contributed by atoms with van der Waals surface area (Å²) in [5, 5.41) is 2.09. The van der Waals surface area contributed by atoms with E-state index < -0.39 is 0 Å². The van der Waals surface area contributed by atoms with E-state index in [2.05, 4.69) is 18.4 Å². The van der Waals surface area contributed by atoms with Crippen molar-refractivity contribution in [3.05, 3.63) is 87.6 Å². The van der Waals surface area contributed by atoms with Gasteiger partial charge in [-0.1, -0.05) is 55.0 Å². The molecule has 0 spiro atoms. The number of rotatable bonds is 9. The first-order valence-corrected chi connectivity index (χ1v) is 13.2. The van der Waals surface area contributed by atoms with Crippen molar-refractivity contribution in [1.82, 2.24) is 9.80 Å². The molecule has 3 aromatic rings. The SMILES string of the molecule is CC[C@@H](C)N(CC(=O)N1CCc2sccc2[C@H]1COc1ccc(C)cc1)C(=O)Cc1ccccc1. The second-order valence-electron chi connectivity index (χ2n) is 9.22. The van der Waals surface area contributed by atoms with Gasteiger partial charge in [0.25, 0.3) is 0 Å². The second kappa shape index (κ2) is 11.5. The Kier molecular flexibility index (Phi) is 8.24. The van der Waals surface area contributed by atoms with Crippen molar-refractivity contribution >= 4 is 23.2 Å². The fraction of sp³-hybridized carbons (Fsp3) is 0.379. The van der Waals surface area contributed by atoms with Crippen LogP contribution in [-0.4, -0.2) is 47.4 Å². The number of benzene rings is 2. The largest absolute Gasteiger partial charge is 0.491 e. The van der Waals surface area contributed by atoms with Crippen molar-refractivity contribution in [3.8, 4) is 5.75 Å². The molecule has 1 aliphatic rings. The molecule has 0 saturated carbocycles. The molecule has 0 radical (unpaired) electrons. The molecule has 1 aliphatic heterocycles. The van der Waals surface area contributed by atoms with Crippen LogP contribution in [0.4, 0.5) is 0 Å². The van der Waals surface area contributed by atoms with E-state index in [1.807, 2.05) is 73.3 Å². The minimum atomic E-state index is -0.165. The van der Waals surface area contributed by atoms with Crippen LogP contribution in [0, 0.1) is 6.92 Å². The molecule has 2 atom stereocenters. The average Bonchev–Trinajstić information content (AvgIpc) is 3.36. The molecule has 35 heavy (non-hydrogen) atoms. The molecule has 0 aliphatic carbocycles. The third kappa shape index (κ3) is 6.12. The van der Waals surface area contributed by atoms with E-state index in [-0.39, 0.29) is 30.4 Å². The van der Waals surface area contributed by atoms with Gasteiger partial charge in [-0.3, -0.25) is 9.59 Å². The topological polar surface area (TPSA) is 49.9 Å². The van der Waals surface area contributed by atoms with Gasteiger partial charge in [-0.05, 0) is 61.4 Å². The zero-order chi connectivity index (χ0) is 24.8. The van der Waals surface area contributed by atoms with Crippen molar-refractivity contribution in [2.45, 2.75) is 52.1 Å². The van der Waals surface area contributed by atoms with Gasteiger partial charge >= 0.3 is 0 Å². The minimum Gasteiger partial charge on any atom is -0.491 e. The smallest absolute Gasteiger partial charge is 0.242 e. The Bertz CT molecular complexity index is 1130. The van der Waals surface area contributed by atoms with Gasteiger partial charge in [0.15, 0.2) is 0 Å². The van der Waals surface area contributed by atoms with Crippen LogP contribution in [0.1, 0.15) is 47.9 Å². The van der Waals surface area contributed by atoms with Crippen molar-refractivity contribution in [1.29, 1.82) is 0 Å². The lowest BCUT2D eigenvalue weighted by Gasteiger charge is -2.38. The molecular formula is C29H34N2O3S. The van der Waals surface area contributed by atoms with E-state index >= 15 is 0 Å². The molecule has 6 heteroatoms. The second-order valence-corrected chi connectivity index (χ2v) is 10.2. The Morgan fingerprint density at radius 2 is 1.86 bits per heavy atom. The summed E-state index contributed by atoms with van der Waals surface area (Å²) in [5.74, 6) is 0.755. The molecule has 4 rings (SSSR count). The van der Waals surface area contributed by atoms with Crippen LogP contribution in [-0.2, 0) is 22.4 Å². The van der Waals surface area contributed by atoms with Gasteiger partial charge in [-0.15, -0.1) is 11.3 Å². The van der Waals surface area contributed by atoms with Gasteiger partial charge < -0.3 is 14.5 Å². The van der Waals surface area contributed by atoms with Crippen LogP contribution >= 0.6 is 11.3 Å². The molecule has 2 amide bonds. The number of aryl methyl sites for hydroxylation is 1. The molecule has 0 N–H and O–H groups in total. The number of nitrogens with zero attached hydrogens (tertiary/aromatic N) is 2. The lowest BCUT2D eigenvalue weighted by Crippen LogP contribution is -2.50. The minimum absolute atomic E-state index is 0.0143. The monoisotopic (exact) mass is 490 g/mol. The van der Waals surface area contributed by atoms with E-state index in [0.717, 1.165) is 29.7 Å². The zero-order valence-corrected chi connectivity index (χ0v) is 21.6. The van der Waals surface area contributed by atoms with Crippen LogP contribution in [0.3, 0.4) is 0 Å². The van der Waals surface area contributed by atoms with Crippen LogP contribution < -0.4 is 4.74 Å². The predicted octanol–water partition coefficient (Wildman–Crippen LogP) is 5.43. The molecule has 2 heterocycles. The summed E-state index contributed by atoms with van der Waals surface area (Å²) in [6, 6.07) is 19.6. The molecule has 2 aromatic carbocycles. The summed E-state index contributed by atoms with van der Waals surface area (Å²) in [6.07, 6.45) is 1.93. The standard InChI is InChI=1S/C29H34N2O3S/c1-4-22(3)31(28(32)18-23-8-6-5-7-9-23)19-29(33)30-16-14-27-25(15-17-35-27)26(30)20-34-24-12-10-21(2)11-13-24/h5-13,15,17,22,26H,4,14,16,18-20H2,1-3H3/t22-,26-/m1/s1. The zero-order valence-electron chi connectivity index (χ0n) is 20.8. The highest BCUT2D eigenvalue weighted by atomic mass is 32.1. The molecular weight excluding hydrogens is 456 g/mol. The number of hydrogen-bond donors (Lipinski definition) is 0. The van der Waals surface area contributed by atoms with E-state index in [1.165, 1.54) is 10.4 Å². The highest BCUT2D eigenvalue weighted by molar-refractivity contribution is 7.10. The quantitative estimate of drug-likeness (QED) is 0.402. The number of thiophene rings is 1. The summed E-state index contributed by atoms with van der Waals surface area (Å²) in [7, 11) is 0. The van der Waals surface area contributed by atoms with Gasteiger partial charge in [0.05, 0.1) is 12.5 Å². The predicted molar refractivity (Wildman–Crippen MR) is 141 cm³/mol. The van der Waals surface area contributed by atoms with Gasteiger partial charge in [0.2, 0.25) is 11.8 Å². The molecule has 0 fully saturated rings. The summed E-state index contributed by atoms with van der Waals surface area (Å²) < 4.78 is 6.14. The van der Waals surface area contributed by atoms with Crippen LogP contribution in [0.25, 0.3) is 0 Å². The molecule has 1 aromatic heterocycles. The summed E-state index contributed by atoms with van der Waals surface area (Å²) in [5.41, 5.74) is 3.30. The number of carbonyl (C=O) groups is 2. The third-order valence-electron chi connectivity index (χ3n) is 6.79. The fourth-order valence-electron chi connectivity index (χ4n) is 4.50. The Balaban J connectivity index is 1.50. The van der Waals surface area contributed by atoms with E-state index in [0.29, 0.717) is 19.6 Å². The summed E-state index contributed by atoms with van der Waals surface area (Å²) in [4.78, 5) is 31.9. The first-order chi connectivity index (χ1) is 17.0. The van der Waals surface area contributed by atoms with E-state index in [1.54, 1.807) is 16.2 Å². The Morgan fingerprint density at radius 3 is 2.57 bits per heavy atom. The molecule has 0 bridgehead atoms. The van der Waals surface area contributed by atoms with E-state index in [9.17, 15) is 9.59 Å². The maximum atomic E-state index is 13.7. The number of carbonyl (C=O) groups excluding carboxylic acids is 2. The van der Waals surface area contributed by atoms with Crippen LogP contribution in [0.15, 0.2) is 66.0 Å². The highest BCUT2D eigenvalue weighted by Crippen LogP contribution is 2.34. The first-order valence-electron chi connectivity index (χ1n) is 12.3. The maximum Gasteiger partial charge on any atom is 0.242 e. The summed E-state index contributed by atoms with van der Waals surface area (Å²) >= 11 is 1.74. The number of ether oxygens (including phenoxy) is 1. The van der Waals surface area contributed by atoms with Gasteiger partial charge in [-0.25, -0.2) is 0 Å². The fourth-order valence-corrected chi connectivity index (χ4v) is 5.43. The number of amides is 2. The van der Waals surface area contributed by atoms with Gasteiger partial charge in [0, 0.05) is 17.5 Å². The van der Waals surface area contributed by atoms with Gasteiger partial charge in [0.1, 0.15) is 18.9 Å². The van der Waals surface area contributed by atoms with Crippen LogP contribution in [0.5, 0.6) is 5.75 Å². The Hall–Kier alpha value is -3.12. The normalized spacial score (nSPS) is 15.9. The maximum absolute atomic E-state index is 13.7. The molecule has 184 valence electrons. The molecule has 0 saturated heterocycles. The Morgan fingerprint density at radius 1 is 1.11 bits per heavy atom. The lowest BCUT2D eigenvalue weighted by atomic mass is 10.00. The van der Waals surface area contributed by atoms with Crippen molar-refractivity contribution < 1.29 is 14.3 Å². The molecule has 5 nitrogen and oxygen atoms in total. The van der Waals surface area contributed by atoms with Gasteiger partial charge in [-0.2, -0.15) is 0 Å². The number of fused-ring (bicyclic) bond motifs is 1. The average molecular weight is 491 g/mol. The van der Waals surface area contributed by atoms with Crippen molar-refractivity contribution in [3.63, 3.8) is 0 Å². The van der Waals surface area contributed by atoms with Crippen molar-refractivity contribution in [2.24, 2.45) is 0 Å². The number of hydrogen-bond acceptors (Lipinski definition) is 4. The first kappa shape index (κ1) is 25.0. The van der Waals surface area contributed by atoms with Crippen LogP contribution in [0.2, 0.25) is 0 Å². The third-order valence-corrected chi connectivity index (χ3v) is 7.79. The Labute approximate surface area is 212 Å². The lowest BCUT2D eigenvalue weighted by molar-refractivity contribution is -0.144.